The maximum atomic E-state index is 14.4. The second kappa shape index (κ2) is 17.9. The summed E-state index contributed by atoms with van der Waals surface area (Å²) in [6, 6.07) is -3.96. The molecule has 2 fully saturated rings. The number of ketones is 1. The summed E-state index contributed by atoms with van der Waals surface area (Å²) in [5, 5.41) is 10.9. The van der Waals surface area contributed by atoms with E-state index in [1.807, 2.05) is 13.8 Å². The lowest BCUT2D eigenvalue weighted by Gasteiger charge is -2.41. The van der Waals surface area contributed by atoms with Crippen molar-refractivity contribution in [3.63, 3.8) is 0 Å². The van der Waals surface area contributed by atoms with Gasteiger partial charge in [0, 0.05) is 13.1 Å². The van der Waals surface area contributed by atoms with Crippen molar-refractivity contribution in [1.82, 2.24) is 26.2 Å². The van der Waals surface area contributed by atoms with Crippen LogP contribution in [0.25, 0.3) is 0 Å². The molecular formula is C36H62FN5O7S. The number of unbranched alkanes of at least 4 members (excludes halogenated alkanes) is 1. The van der Waals surface area contributed by atoms with Gasteiger partial charge in [0.2, 0.25) is 17.6 Å². The Bertz CT molecular complexity index is 1330. The lowest BCUT2D eigenvalue weighted by Crippen LogP contribution is -2.64. The van der Waals surface area contributed by atoms with Crippen LogP contribution in [0.5, 0.6) is 0 Å². The van der Waals surface area contributed by atoms with Crippen LogP contribution in [0.4, 0.5) is 9.18 Å². The molecule has 286 valence electrons. The minimum atomic E-state index is -3.59. The number of hydrogen-bond donors (Lipinski definition) is 4. The number of carbonyl (C=O) groups is 5. The van der Waals surface area contributed by atoms with E-state index in [-0.39, 0.29) is 49.9 Å². The van der Waals surface area contributed by atoms with E-state index in [1.165, 1.54) is 11.0 Å². The van der Waals surface area contributed by atoms with E-state index < -0.39 is 79.9 Å². The molecule has 1 saturated carbocycles. The van der Waals surface area contributed by atoms with Crippen molar-refractivity contribution in [2.75, 3.05) is 25.5 Å². The van der Waals surface area contributed by atoms with Crippen molar-refractivity contribution in [3.8, 4) is 0 Å². The summed E-state index contributed by atoms with van der Waals surface area (Å²) in [5.41, 5.74) is -1.79. The molecule has 0 radical (unpaired) electrons. The molecule has 50 heavy (non-hydrogen) atoms. The van der Waals surface area contributed by atoms with Crippen molar-refractivity contribution < 1.29 is 36.8 Å². The molecule has 12 nitrogen and oxygen atoms in total. The molecule has 0 bridgehead atoms. The van der Waals surface area contributed by atoms with E-state index >= 15 is 0 Å². The standard InChI is InChI=1S/C36H62FN5O7S/c1-10-21-38-31(45)28(43)26(16-12-15-20-37)39-30(44)27-25(24(2)3)17-22-42(27)32(46)29(34(4,5)6)40-33(47)41-36(18-13-11-14-19-36)23-50(48,49)35(7,8)9/h10,24-27,29H,1,11-23H2,2-9H3,(H,38,45)(H,39,44)(H2,40,41,47)/t25-,26?,27+,29-/m1/s1. The van der Waals surface area contributed by atoms with Crippen LogP contribution >= 0.6 is 0 Å². The second-order valence-electron chi connectivity index (χ2n) is 16.4. The molecule has 0 aromatic carbocycles. The van der Waals surface area contributed by atoms with Gasteiger partial charge in [0.1, 0.15) is 12.1 Å². The number of Topliss-reactive ketones (excluding diaryl/α,β-unsaturated/α-hetero) is 1. The first-order valence-corrected chi connectivity index (χ1v) is 19.7. The number of sulfone groups is 1. The van der Waals surface area contributed by atoms with Gasteiger partial charge in [0.15, 0.2) is 9.84 Å². The molecule has 0 spiro atoms. The summed E-state index contributed by atoms with van der Waals surface area (Å²) in [4.78, 5) is 69.3. The molecule has 0 aromatic rings. The molecule has 4 atom stereocenters. The number of amides is 5. The van der Waals surface area contributed by atoms with Gasteiger partial charge in [-0.3, -0.25) is 23.6 Å². The summed E-state index contributed by atoms with van der Waals surface area (Å²) in [7, 11) is -3.59. The van der Waals surface area contributed by atoms with E-state index in [9.17, 15) is 36.8 Å². The summed E-state index contributed by atoms with van der Waals surface area (Å²) < 4.78 is 38.5. The Hall–Kier alpha value is -3.03. The first-order chi connectivity index (χ1) is 23.1. The number of nitrogens with one attached hydrogen (secondary N) is 4. The van der Waals surface area contributed by atoms with Gasteiger partial charge >= 0.3 is 6.03 Å². The molecule has 2 aliphatic rings. The molecule has 5 amide bonds. The van der Waals surface area contributed by atoms with E-state index in [0.29, 0.717) is 19.3 Å². The van der Waals surface area contributed by atoms with Crippen molar-refractivity contribution >= 4 is 39.4 Å². The molecule has 1 heterocycles. The Balaban J connectivity index is 2.39. The fourth-order valence-corrected chi connectivity index (χ4v) is 8.33. The molecule has 1 saturated heterocycles. The Kier molecular flexibility index (Phi) is 15.5. The third-order valence-electron chi connectivity index (χ3n) is 9.97. The Labute approximate surface area is 298 Å². The molecule has 4 N–H and O–H groups in total. The number of rotatable bonds is 16. The summed E-state index contributed by atoms with van der Waals surface area (Å²) in [5.74, 6) is -3.38. The first kappa shape index (κ1) is 43.1. The number of urea groups is 1. The van der Waals surface area contributed by atoms with Gasteiger partial charge in [-0.25, -0.2) is 13.2 Å². The van der Waals surface area contributed by atoms with Crippen LogP contribution in [0.1, 0.15) is 113 Å². The summed E-state index contributed by atoms with van der Waals surface area (Å²) in [6.07, 6.45) is 5.80. The maximum Gasteiger partial charge on any atom is 0.315 e. The fraction of sp³-hybridized carbons (Fsp3) is 0.806. The highest BCUT2D eigenvalue weighted by molar-refractivity contribution is 7.92. The third-order valence-corrected chi connectivity index (χ3v) is 12.8. The zero-order valence-corrected chi connectivity index (χ0v) is 32.3. The molecule has 2 rings (SSSR count). The van der Waals surface area contributed by atoms with Crippen LogP contribution in [0.15, 0.2) is 12.7 Å². The number of halogens is 1. The maximum absolute atomic E-state index is 14.4. The second-order valence-corrected chi connectivity index (χ2v) is 19.1. The fourth-order valence-electron chi connectivity index (χ4n) is 6.81. The topological polar surface area (TPSA) is 171 Å². The predicted molar refractivity (Wildman–Crippen MR) is 193 cm³/mol. The zero-order chi connectivity index (χ0) is 38.1. The average Bonchev–Trinajstić information content (AvgIpc) is 3.46. The van der Waals surface area contributed by atoms with Crippen molar-refractivity contribution in [1.29, 1.82) is 0 Å². The Morgan fingerprint density at radius 2 is 1.60 bits per heavy atom. The normalized spacial score (nSPS) is 20.8. The van der Waals surface area contributed by atoms with Crippen LogP contribution < -0.4 is 21.3 Å². The zero-order valence-electron chi connectivity index (χ0n) is 31.5. The molecule has 1 aliphatic heterocycles. The van der Waals surface area contributed by atoms with Gasteiger partial charge < -0.3 is 26.2 Å². The number of likely N-dealkylation sites (tertiary alicyclic amines) is 1. The van der Waals surface area contributed by atoms with E-state index in [1.54, 1.807) is 41.5 Å². The summed E-state index contributed by atoms with van der Waals surface area (Å²) >= 11 is 0. The van der Waals surface area contributed by atoms with Crippen molar-refractivity contribution in [3.05, 3.63) is 12.7 Å². The predicted octanol–water partition coefficient (Wildman–Crippen LogP) is 3.99. The lowest BCUT2D eigenvalue weighted by molar-refractivity contribution is -0.144. The minimum Gasteiger partial charge on any atom is -0.346 e. The van der Waals surface area contributed by atoms with Crippen molar-refractivity contribution in [2.24, 2.45) is 17.3 Å². The van der Waals surface area contributed by atoms with Crippen molar-refractivity contribution in [2.45, 2.75) is 142 Å². The molecule has 1 aliphatic carbocycles. The number of hydrogen-bond acceptors (Lipinski definition) is 7. The molecular weight excluding hydrogens is 665 g/mol. The van der Waals surface area contributed by atoms with Crippen LogP contribution in [0.3, 0.4) is 0 Å². The molecule has 0 aromatic heterocycles. The van der Waals surface area contributed by atoms with Gasteiger partial charge in [-0.05, 0) is 76.5 Å². The van der Waals surface area contributed by atoms with Crippen LogP contribution in [0, 0.1) is 17.3 Å². The van der Waals surface area contributed by atoms with Crippen LogP contribution in [0.2, 0.25) is 0 Å². The third kappa shape index (κ3) is 11.5. The van der Waals surface area contributed by atoms with Gasteiger partial charge in [0.05, 0.1) is 28.8 Å². The van der Waals surface area contributed by atoms with Gasteiger partial charge in [-0.15, -0.1) is 6.58 Å². The summed E-state index contributed by atoms with van der Waals surface area (Å²) in [6.45, 7) is 17.4. The molecule has 14 heteroatoms. The SMILES string of the molecule is C=CCNC(=O)C(=O)C(CCCCF)NC(=O)[C@@H]1[C@@H](C(C)C)CCN1C(=O)[C@@H](NC(=O)NC1(CS(=O)(=O)C(C)(C)C)CCCCC1)C(C)(C)C. The Morgan fingerprint density at radius 3 is 2.12 bits per heavy atom. The molecule has 1 unspecified atom stereocenters. The minimum absolute atomic E-state index is 0.0274. The highest BCUT2D eigenvalue weighted by atomic mass is 32.2. The first-order valence-electron chi connectivity index (χ1n) is 18.0. The van der Waals surface area contributed by atoms with Gasteiger partial charge in [0.25, 0.3) is 5.91 Å². The lowest BCUT2D eigenvalue weighted by atomic mass is 9.83. The Morgan fingerprint density at radius 1 is 0.980 bits per heavy atom. The van der Waals surface area contributed by atoms with Crippen LogP contribution in [-0.4, -0.2) is 96.8 Å². The van der Waals surface area contributed by atoms with E-state index in [4.69, 9.17) is 0 Å². The number of carbonyl (C=O) groups excluding carboxylic acids is 5. The quantitative estimate of drug-likeness (QED) is 0.106. The van der Waals surface area contributed by atoms with E-state index in [0.717, 1.165) is 19.3 Å². The monoisotopic (exact) mass is 727 g/mol. The average molecular weight is 728 g/mol. The highest BCUT2D eigenvalue weighted by Gasteiger charge is 2.48. The van der Waals surface area contributed by atoms with Crippen LogP contribution in [-0.2, 0) is 29.0 Å². The smallest absolute Gasteiger partial charge is 0.315 e. The van der Waals surface area contributed by atoms with E-state index in [2.05, 4.69) is 27.8 Å². The largest absolute Gasteiger partial charge is 0.346 e. The van der Waals surface area contributed by atoms with Gasteiger partial charge in [-0.2, -0.15) is 0 Å². The number of nitrogens with zero attached hydrogens (tertiary/aromatic N) is 1. The highest BCUT2D eigenvalue weighted by Crippen LogP contribution is 2.35. The van der Waals surface area contributed by atoms with Gasteiger partial charge in [-0.1, -0.05) is 60.0 Å². The number of alkyl halides is 1.